The average molecular weight is 691 g/mol. The lowest BCUT2D eigenvalue weighted by atomic mass is 9.98. The fourth-order valence-electron chi connectivity index (χ4n) is 7.75. The zero-order valence-electron chi connectivity index (χ0n) is 29.0. The predicted octanol–water partition coefficient (Wildman–Crippen LogP) is 12.7. The second-order valence-electron chi connectivity index (χ2n) is 13.7. The van der Waals surface area contributed by atoms with E-state index < -0.39 is 0 Å². The Morgan fingerprint density at radius 1 is 0.352 bits per heavy atom. The number of benzene rings is 8. The largest absolute Gasteiger partial charge is 0.438 e. The molecule has 0 atom stereocenters. The van der Waals surface area contributed by atoms with Crippen LogP contribution < -0.4 is 0 Å². The Morgan fingerprint density at radius 3 is 1.56 bits per heavy atom. The van der Waals surface area contributed by atoms with Gasteiger partial charge in [0.1, 0.15) is 0 Å². The van der Waals surface area contributed by atoms with E-state index in [4.69, 9.17) is 19.4 Å². The molecule has 3 heterocycles. The van der Waals surface area contributed by atoms with Crippen LogP contribution in [0.25, 0.3) is 106 Å². The van der Waals surface area contributed by atoms with Crippen molar-refractivity contribution in [2.45, 2.75) is 0 Å². The van der Waals surface area contributed by atoms with E-state index in [1.165, 1.54) is 10.8 Å². The van der Waals surface area contributed by atoms with Crippen molar-refractivity contribution >= 4 is 49.3 Å². The molecule has 0 N–H and O–H groups in total. The molecule has 0 aliphatic rings. The molecular weight excluding hydrogens is 661 g/mol. The number of rotatable bonds is 5. The van der Waals surface area contributed by atoms with Gasteiger partial charge in [0, 0.05) is 22.1 Å². The molecule has 8 aromatic carbocycles. The van der Waals surface area contributed by atoms with E-state index in [0.717, 1.165) is 77.4 Å². The average Bonchev–Trinajstić information content (AvgIpc) is 3.78. The van der Waals surface area contributed by atoms with E-state index in [-0.39, 0.29) is 0 Å². The molecule has 0 aliphatic carbocycles. The molecule has 0 unspecified atom stereocenters. The monoisotopic (exact) mass is 690 g/mol. The lowest BCUT2D eigenvalue weighted by Gasteiger charge is -2.10. The maximum Gasteiger partial charge on any atom is 0.213 e. The predicted molar refractivity (Wildman–Crippen MR) is 220 cm³/mol. The van der Waals surface area contributed by atoms with Crippen LogP contribution in [0, 0.1) is 0 Å². The van der Waals surface area contributed by atoms with Gasteiger partial charge >= 0.3 is 0 Å². The SMILES string of the molecule is c1cc(-c2ccc(-c3nc(-c4ccc5ccccc5c4)nc(-c4ccc5ccccc5c4)n3)cc2)cc(-c2c3ccccc3n3c2oc2ccccc23)c1. The van der Waals surface area contributed by atoms with Gasteiger partial charge in [-0.1, -0.05) is 146 Å². The van der Waals surface area contributed by atoms with Gasteiger partial charge in [-0.2, -0.15) is 0 Å². The Morgan fingerprint density at radius 2 is 0.870 bits per heavy atom. The normalized spacial score (nSPS) is 11.7. The lowest BCUT2D eigenvalue weighted by molar-refractivity contribution is 0.658. The fraction of sp³-hybridized carbons (Fsp3) is 0. The summed E-state index contributed by atoms with van der Waals surface area (Å²) in [5, 5.41) is 5.80. The van der Waals surface area contributed by atoms with Crippen LogP contribution in [0.4, 0.5) is 0 Å². The van der Waals surface area contributed by atoms with E-state index in [9.17, 15) is 0 Å². The molecule has 0 radical (unpaired) electrons. The zero-order valence-corrected chi connectivity index (χ0v) is 29.0. The van der Waals surface area contributed by atoms with Crippen molar-refractivity contribution in [3.05, 3.63) is 182 Å². The second kappa shape index (κ2) is 12.1. The summed E-state index contributed by atoms with van der Waals surface area (Å²) in [6, 6.07) is 63.4. The van der Waals surface area contributed by atoms with Gasteiger partial charge in [-0.3, -0.25) is 4.40 Å². The minimum absolute atomic E-state index is 0.629. The van der Waals surface area contributed by atoms with Crippen LogP contribution in [0.1, 0.15) is 0 Å². The first-order chi connectivity index (χ1) is 26.7. The van der Waals surface area contributed by atoms with Crippen molar-refractivity contribution in [1.82, 2.24) is 19.4 Å². The first-order valence-electron chi connectivity index (χ1n) is 18.1. The van der Waals surface area contributed by atoms with Crippen LogP contribution in [0.15, 0.2) is 186 Å². The molecule has 3 aromatic heterocycles. The van der Waals surface area contributed by atoms with Crippen molar-refractivity contribution < 1.29 is 4.42 Å². The molecular formula is C49H30N4O. The number of hydrogen-bond acceptors (Lipinski definition) is 4. The Hall–Kier alpha value is -7.37. The summed E-state index contributed by atoms with van der Waals surface area (Å²) in [6.45, 7) is 0. The van der Waals surface area contributed by atoms with Gasteiger partial charge in [0.15, 0.2) is 23.1 Å². The summed E-state index contributed by atoms with van der Waals surface area (Å²) in [4.78, 5) is 15.2. The molecule has 5 heteroatoms. The highest BCUT2D eigenvalue weighted by atomic mass is 16.3. The summed E-state index contributed by atoms with van der Waals surface area (Å²) >= 11 is 0. The van der Waals surface area contributed by atoms with Crippen LogP contribution in [0.3, 0.4) is 0 Å². The summed E-state index contributed by atoms with van der Waals surface area (Å²) in [6.07, 6.45) is 0. The molecule has 11 rings (SSSR count). The topological polar surface area (TPSA) is 56.2 Å². The Labute approximate surface area is 310 Å². The van der Waals surface area contributed by atoms with Gasteiger partial charge in [-0.25, -0.2) is 15.0 Å². The van der Waals surface area contributed by atoms with Gasteiger partial charge in [0.2, 0.25) is 5.71 Å². The summed E-state index contributed by atoms with van der Waals surface area (Å²) in [7, 11) is 0. The van der Waals surface area contributed by atoms with Crippen LogP contribution in [-0.2, 0) is 0 Å². The van der Waals surface area contributed by atoms with Crippen molar-refractivity contribution in [3.63, 3.8) is 0 Å². The van der Waals surface area contributed by atoms with E-state index in [1.807, 2.05) is 12.1 Å². The summed E-state index contributed by atoms with van der Waals surface area (Å²) in [5.74, 6) is 1.91. The van der Waals surface area contributed by atoms with Gasteiger partial charge in [0.05, 0.1) is 16.6 Å². The summed E-state index contributed by atoms with van der Waals surface area (Å²) < 4.78 is 8.73. The standard InChI is InChI=1S/C49H30N4O/c1-3-12-35-29-39(26-22-31(35)10-1)47-50-46(51-48(52-47)40-27-23-32-11-2-4-13-36(32)30-40)34-24-20-33(21-25-34)37-14-9-15-38(28-37)45-41-16-5-6-17-42(41)53-43-18-7-8-19-44(43)54-49(45)53/h1-30H. The van der Waals surface area contributed by atoms with Crippen molar-refractivity contribution in [3.8, 4) is 56.4 Å². The number of nitrogens with zero attached hydrogens (tertiary/aromatic N) is 4. The van der Waals surface area contributed by atoms with Crippen molar-refractivity contribution in [2.75, 3.05) is 0 Å². The molecule has 0 fully saturated rings. The number of para-hydroxylation sites is 3. The smallest absolute Gasteiger partial charge is 0.213 e. The number of oxazole rings is 1. The maximum absolute atomic E-state index is 6.50. The molecule has 0 spiro atoms. The third-order valence-corrected chi connectivity index (χ3v) is 10.4. The molecule has 5 nitrogen and oxygen atoms in total. The molecule has 252 valence electrons. The molecule has 0 bridgehead atoms. The second-order valence-corrected chi connectivity index (χ2v) is 13.7. The van der Waals surface area contributed by atoms with Crippen LogP contribution in [0.2, 0.25) is 0 Å². The summed E-state index contributed by atoms with van der Waals surface area (Å²) in [5.41, 5.74) is 11.1. The minimum atomic E-state index is 0.629. The van der Waals surface area contributed by atoms with Crippen molar-refractivity contribution in [2.24, 2.45) is 0 Å². The molecule has 0 saturated carbocycles. The zero-order chi connectivity index (χ0) is 35.6. The molecule has 54 heavy (non-hydrogen) atoms. The third-order valence-electron chi connectivity index (χ3n) is 10.4. The van der Waals surface area contributed by atoms with Gasteiger partial charge in [-0.15, -0.1) is 0 Å². The molecule has 11 aromatic rings. The number of aromatic nitrogens is 4. The molecule has 0 aliphatic heterocycles. The third kappa shape index (κ3) is 4.98. The highest BCUT2D eigenvalue weighted by Gasteiger charge is 2.20. The maximum atomic E-state index is 6.50. The lowest BCUT2D eigenvalue weighted by Crippen LogP contribution is -2.00. The Kier molecular flexibility index (Phi) is 6.79. The first-order valence-corrected chi connectivity index (χ1v) is 18.1. The fourth-order valence-corrected chi connectivity index (χ4v) is 7.75. The van der Waals surface area contributed by atoms with Gasteiger partial charge < -0.3 is 4.42 Å². The van der Waals surface area contributed by atoms with Crippen LogP contribution >= 0.6 is 0 Å². The molecule has 0 saturated heterocycles. The van der Waals surface area contributed by atoms with E-state index in [0.29, 0.717) is 17.5 Å². The van der Waals surface area contributed by atoms with Crippen LogP contribution in [-0.4, -0.2) is 19.4 Å². The van der Waals surface area contributed by atoms with Gasteiger partial charge in [0.25, 0.3) is 0 Å². The highest BCUT2D eigenvalue weighted by Crippen LogP contribution is 2.40. The van der Waals surface area contributed by atoms with E-state index >= 15 is 0 Å². The van der Waals surface area contributed by atoms with Gasteiger partial charge in [-0.05, 0) is 74.6 Å². The van der Waals surface area contributed by atoms with E-state index in [1.54, 1.807) is 0 Å². The Bertz CT molecular complexity index is 3130. The molecule has 0 amide bonds. The number of fused-ring (bicyclic) bond motifs is 7. The Balaban J connectivity index is 1.01. The highest BCUT2D eigenvalue weighted by molar-refractivity contribution is 6.07. The number of hydrogen-bond donors (Lipinski definition) is 0. The van der Waals surface area contributed by atoms with Crippen molar-refractivity contribution in [1.29, 1.82) is 0 Å². The van der Waals surface area contributed by atoms with E-state index in [2.05, 4.69) is 174 Å². The first kappa shape index (κ1) is 30.3. The quantitative estimate of drug-likeness (QED) is 0.180. The van der Waals surface area contributed by atoms with Crippen LogP contribution in [0.5, 0.6) is 0 Å². The minimum Gasteiger partial charge on any atom is -0.438 e.